The van der Waals surface area contributed by atoms with Crippen molar-refractivity contribution in [2.45, 2.75) is 50.3 Å². The highest BCUT2D eigenvalue weighted by atomic mass is 32.2. The van der Waals surface area contributed by atoms with Gasteiger partial charge < -0.3 is 0 Å². The van der Waals surface area contributed by atoms with Gasteiger partial charge in [-0.3, -0.25) is 4.21 Å². The Morgan fingerprint density at radius 1 is 1.05 bits per heavy atom. The third-order valence-corrected chi connectivity index (χ3v) is 4.89. The number of rotatable bonds is 5. The van der Waals surface area contributed by atoms with Crippen LogP contribution in [0.2, 0.25) is 0 Å². The molecule has 1 aromatic heterocycles. The molecule has 21 heavy (non-hydrogen) atoms. The van der Waals surface area contributed by atoms with Crippen LogP contribution in [0.5, 0.6) is 0 Å². The highest BCUT2D eigenvalue weighted by Gasteiger charge is 2.13. The van der Waals surface area contributed by atoms with Crippen LogP contribution in [0.25, 0.3) is 0 Å². The number of hydrogen-bond acceptors (Lipinski definition) is 2. The van der Waals surface area contributed by atoms with E-state index < -0.39 is 10.8 Å². The molecule has 2 rings (SSSR count). The number of aromatic nitrogens is 1. The largest absolute Gasteiger partial charge is 0.252 e. The van der Waals surface area contributed by atoms with E-state index in [4.69, 9.17) is 0 Å². The van der Waals surface area contributed by atoms with Crippen molar-refractivity contribution in [2.24, 2.45) is 0 Å². The Morgan fingerprint density at radius 3 is 2.38 bits per heavy atom. The van der Waals surface area contributed by atoms with E-state index >= 15 is 0 Å². The van der Waals surface area contributed by atoms with Gasteiger partial charge in [0.15, 0.2) is 0 Å². The Bertz CT molecular complexity index is 620. The van der Waals surface area contributed by atoms with Crippen molar-refractivity contribution >= 4 is 10.8 Å². The summed E-state index contributed by atoms with van der Waals surface area (Å²) in [5.74, 6) is 1.45. The van der Waals surface area contributed by atoms with Gasteiger partial charge in [0.25, 0.3) is 0 Å². The highest BCUT2D eigenvalue weighted by molar-refractivity contribution is 7.84. The Hall–Kier alpha value is -1.48. The second kappa shape index (κ2) is 6.99. The standard InChI is InChI=1S/C18H23NOS/c1-13(2)15-8-9-17(14(3)4)16(11-15)12-21(20)18-7-5-6-10-19-18/h5-11,13-14H,12H2,1-4H3. The lowest BCUT2D eigenvalue weighted by atomic mass is 9.93. The SMILES string of the molecule is CC(C)c1ccc(C(C)C)c(CS(=O)c2ccccn2)c1. The van der Waals surface area contributed by atoms with Crippen LogP contribution in [0, 0.1) is 0 Å². The highest BCUT2D eigenvalue weighted by Crippen LogP contribution is 2.26. The minimum absolute atomic E-state index is 0.432. The van der Waals surface area contributed by atoms with E-state index in [2.05, 4.69) is 50.9 Å². The Labute approximate surface area is 130 Å². The minimum Gasteiger partial charge on any atom is -0.252 e. The van der Waals surface area contributed by atoms with Crippen LogP contribution in [0.15, 0.2) is 47.6 Å². The smallest absolute Gasteiger partial charge is 0.127 e. The number of benzene rings is 1. The summed E-state index contributed by atoms with van der Waals surface area (Å²) in [4.78, 5) is 4.21. The van der Waals surface area contributed by atoms with Gasteiger partial charge in [0.2, 0.25) is 0 Å². The van der Waals surface area contributed by atoms with E-state index in [1.165, 1.54) is 16.7 Å². The van der Waals surface area contributed by atoms with Crippen molar-refractivity contribution in [3.63, 3.8) is 0 Å². The lowest BCUT2D eigenvalue weighted by Gasteiger charge is -2.16. The summed E-state index contributed by atoms with van der Waals surface area (Å²) in [6.07, 6.45) is 1.70. The molecule has 1 aromatic carbocycles. The van der Waals surface area contributed by atoms with Crippen molar-refractivity contribution in [2.75, 3.05) is 0 Å². The molecule has 0 radical (unpaired) electrons. The van der Waals surface area contributed by atoms with Crippen LogP contribution in [0.4, 0.5) is 0 Å². The average Bonchev–Trinajstić information content (AvgIpc) is 2.47. The molecule has 0 spiro atoms. The number of nitrogens with zero attached hydrogens (tertiary/aromatic N) is 1. The fourth-order valence-corrected chi connectivity index (χ4v) is 3.46. The van der Waals surface area contributed by atoms with Gasteiger partial charge in [0.05, 0.1) is 16.6 Å². The predicted octanol–water partition coefficient (Wildman–Crippen LogP) is 4.64. The molecule has 1 heterocycles. The van der Waals surface area contributed by atoms with Gasteiger partial charge in [-0.05, 0) is 40.7 Å². The molecule has 0 saturated carbocycles. The maximum Gasteiger partial charge on any atom is 0.127 e. The van der Waals surface area contributed by atoms with E-state index in [1.54, 1.807) is 6.20 Å². The van der Waals surface area contributed by atoms with E-state index in [-0.39, 0.29) is 0 Å². The third-order valence-electron chi connectivity index (χ3n) is 3.61. The molecule has 0 bridgehead atoms. The van der Waals surface area contributed by atoms with E-state index in [0.717, 1.165) is 0 Å². The van der Waals surface area contributed by atoms with Crippen LogP contribution in [-0.4, -0.2) is 9.19 Å². The summed E-state index contributed by atoms with van der Waals surface area (Å²) in [6.45, 7) is 8.73. The van der Waals surface area contributed by atoms with Crippen molar-refractivity contribution < 1.29 is 4.21 Å². The quantitative estimate of drug-likeness (QED) is 0.805. The first-order valence-corrected chi connectivity index (χ1v) is 8.73. The molecule has 0 fully saturated rings. The van der Waals surface area contributed by atoms with Crippen molar-refractivity contribution in [1.82, 2.24) is 4.98 Å². The van der Waals surface area contributed by atoms with Gasteiger partial charge in [-0.15, -0.1) is 0 Å². The molecule has 3 heteroatoms. The van der Waals surface area contributed by atoms with Gasteiger partial charge in [-0.2, -0.15) is 0 Å². The molecule has 0 aliphatic heterocycles. The lowest BCUT2D eigenvalue weighted by molar-refractivity contribution is 0.679. The van der Waals surface area contributed by atoms with Crippen LogP contribution in [0.3, 0.4) is 0 Å². The molecule has 0 aliphatic carbocycles. The molecular weight excluding hydrogens is 278 g/mol. The van der Waals surface area contributed by atoms with Crippen molar-refractivity contribution in [1.29, 1.82) is 0 Å². The molecule has 1 unspecified atom stereocenters. The summed E-state index contributed by atoms with van der Waals surface area (Å²) in [5.41, 5.74) is 3.76. The fraction of sp³-hybridized carbons (Fsp3) is 0.389. The zero-order chi connectivity index (χ0) is 15.4. The molecule has 0 amide bonds. The third kappa shape index (κ3) is 4.01. The Morgan fingerprint density at radius 2 is 1.81 bits per heavy atom. The van der Waals surface area contributed by atoms with Gasteiger partial charge in [0.1, 0.15) is 5.03 Å². The van der Waals surface area contributed by atoms with E-state index in [0.29, 0.717) is 22.6 Å². The summed E-state index contributed by atoms with van der Waals surface area (Å²) in [7, 11) is -1.09. The molecule has 112 valence electrons. The zero-order valence-corrected chi connectivity index (χ0v) is 14.0. The second-order valence-electron chi connectivity index (χ2n) is 5.93. The summed E-state index contributed by atoms with van der Waals surface area (Å²) >= 11 is 0. The normalized spacial score (nSPS) is 12.9. The maximum atomic E-state index is 12.5. The van der Waals surface area contributed by atoms with Crippen molar-refractivity contribution in [3.05, 3.63) is 59.3 Å². The molecule has 0 N–H and O–H groups in total. The molecule has 0 aliphatic rings. The first kappa shape index (κ1) is 15.9. The summed E-state index contributed by atoms with van der Waals surface area (Å²) in [5, 5.41) is 0.655. The molecular formula is C18H23NOS. The van der Waals surface area contributed by atoms with Gasteiger partial charge in [-0.25, -0.2) is 4.98 Å². The maximum absolute atomic E-state index is 12.5. The van der Waals surface area contributed by atoms with Crippen LogP contribution in [-0.2, 0) is 16.6 Å². The average molecular weight is 301 g/mol. The summed E-state index contributed by atoms with van der Waals surface area (Å²) in [6, 6.07) is 12.1. The number of pyridine rings is 1. The molecule has 1 atom stereocenters. The van der Waals surface area contributed by atoms with E-state index in [9.17, 15) is 4.21 Å². The summed E-state index contributed by atoms with van der Waals surface area (Å²) < 4.78 is 12.5. The fourth-order valence-electron chi connectivity index (χ4n) is 2.37. The Kier molecular flexibility index (Phi) is 5.29. The van der Waals surface area contributed by atoms with Crippen LogP contribution in [0.1, 0.15) is 56.2 Å². The zero-order valence-electron chi connectivity index (χ0n) is 13.2. The first-order valence-electron chi connectivity index (χ1n) is 7.41. The van der Waals surface area contributed by atoms with Crippen molar-refractivity contribution in [3.8, 4) is 0 Å². The minimum atomic E-state index is -1.09. The molecule has 0 saturated heterocycles. The number of hydrogen-bond donors (Lipinski definition) is 0. The molecule has 2 nitrogen and oxygen atoms in total. The van der Waals surface area contributed by atoms with Gasteiger partial charge in [0, 0.05) is 6.20 Å². The second-order valence-corrected chi connectivity index (χ2v) is 7.32. The predicted molar refractivity (Wildman–Crippen MR) is 89.0 cm³/mol. The monoisotopic (exact) mass is 301 g/mol. The van der Waals surface area contributed by atoms with Gasteiger partial charge >= 0.3 is 0 Å². The topological polar surface area (TPSA) is 30.0 Å². The van der Waals surface area contributed by atoms with Crippen LogP contribution >= 0.6 is 0 Å². The van der Waals surface area contributed by atoms with E-state index in [1.807, 2.05) is 18.2 Å². The first-order chi connectivity index (χ1) is 9.99. The van der Waals surface area contributed by atoms with Crippen LogP contribution < -0.4 is 0 Å². The lowest BCUT2D eigenvalue weighted by Crippen LogP contribution is -2.04. The molecule has 2 aromatic rings. The Balaban J connectivity index is 2.33. The van der Waals surface area contributed by atoms with Gasteiger partial charge in [-0.1, -0.05) is 52.0 Å².